The van der Waals surface area contributed by atoms with E-state index in [0.717, 1.165) is 0 Å². The summed E-state index contributed by atoms with van der Waals surface area (Å²) in [7, 11) is 0. The molecule has 4 heteroatoms. The lowest BCUT2D eigenvalue weighted by Crippen LogP contribution is -2.30. The normalized spacial score (nSPS) is 15.6. The molecule has 4 nitrogen and oxygen atoms in total. The van der Waals surface area contributed by atoms with E-state index >= 15 is 0 Å². The first kappa shape index (κ1) is 12.5. The summed E-state index contributed by atoms with van der Waals surface area (Å²) in [5, 5.41) is 0. The Morgan fingerprint density at radius 2 is 1.94 bits per heavy atom. The molecule has 0 fully saturated rings. The molecule has 18 heavy (non-hydrogen) atoms. The van der Waals surface area contributed by atoms with Crippen molar-refractivity contribution >= 4 is 5.91 Å². The summed E-state index contributed by atoms with van der Waals surface area (Å²) in [5.41, 5.74) is 0. The first-order valence-electron chi connectivity index (χ1n) is 6.13. The molecule has 0 unspecified atom stereocenters. The summed E-state index contributed by atoms with van der Waals surface area (Å²) in [5.74, 6) is 1.87. The van der Waals surface area contributed by atoms with Gasteiger partial charge in [-0.15, -0.1) is 0 Å². The number of para-hydroxylation sites is 2. The van der Waals surface area contributed by atoms with E-state index in [0.29, 0.717) is 37.0 Å². The van der Waals surface area contributed by atoms with Gasteiger partial charge in [-0.2, -0.15) is 0 Å². The lowest BCUT2D eigenvalue weighted by molar-refractivity contribution is -0.125. The zero-order valence-corrected chi connectivity index (χ0v) is 10.7. The molecule has 1 aliphatic rings. The van der Waals surface area contributed by atoms with Gasteiger partial charge < -0.3 is 14.4 Å². The number of hydrogen-bond donors (Lipinski definition) is 0. The smallest absolute Gasteiger partial charge is 0.250 e. The molecule has 0 aromatic heterocycles. The van der Waals surface area contributed by atoms with Gasteiger partial charge in [0.1, 0.15) is 12.4 Å². The fraction of sp³-hybridized carbons (Fsp3) is 0.357. The monoisotopic (exact) mass is 247 g/mol. The van der Waals surface area contributed by atoms with Crippen LogP contribution in [0.3, 0.4) is 0 Å². The van der Waals surface area contributed by atoms with Crippen LogP contribution < -0.4 is 9.47 Å². The van der Waals surface area contributed by atoms with E-state index in [9.17, 15) is 4.79 Å². The third kappa shape index (κ3) is 2.64. The minimum atomic E-state index is -0.0435. The summed E-state index contributed by atoms with van der Waals surface area (Å²) in [6.45, 7) is 5.58. The molecule has 0 radical (unpaired) electrons. The second-order valence-corrected chi connectivity index (χ2v) is 3.96. The Morgan fingerprint density at radius 3 is 2.61 bits per heavy atom. The first-order valence-corrected chi connectivity index (χ1v) is 6.13. The van der Waals surface area contributed by atoms with Crippen molar-refractivity contribution in [2.45, 2.75) is 13.8 Å². The Hall–Kier alpha value is -1.97. The van der Waals surface area contributed by atoms with Crippen molar-refractivity contribution < 1.29 is 14.3 Å². The fourth-order valence-electron chi connectivity index (χ4n) is 1.81. The molecule has 0 bridgehead atoms. The predicted octanol–water partition coefficient (Wildman–Crippen LogP) is 2.21. The topological polar surface area (TPSA) is 38.8 Å². The number of rotatable bonds is 3. The first-order chi connectivity index (χ1) is 8.74. The van der Waals surface area contributed by atoms with Gasteiger partial charge >= 0.3 is 0 Å². The van der Waals surface area contributed by atoms with Crippen LogP contribution in [0.5, 0.6) is 11.5 Å². The van der Waals surface area contributed by atoms with Crippen molar-refractivity contribution in [3.8, 4) is 11.5 Å². The lowest BCUT2D eigenvalue weighted by atomic mass is 10.3. The molecule has 0 N–H and O–H groups in total. The molecule has 1 aromatic rings. The summed E-state index contributed by atoms with van der Waals surface area (Å²) in [6.07, 6.45) is 1.50. The summed E-state index contributed by atoms with van der Waals surface area (Å²) in [4.78, 5) is 13.6. The van der Waals surface area contributed by atoms with Gasteiger partial charge in [0.15, 0.2) is 11.5 Å². The van der Waals surface area contributed by atoms with E-state index < -0.39 is 0 Å². The average molecular weight is 247 g/mol. The number of nitrogens with zero attached hydrogens (tertiary/aromatic N) is 1. The van der Waals surface area contributed by atoms with Crippen LogP contribution in [-0.2, 0) is 4.79 Å². The molecule has 0 saturated heterocycles. The van der Waals surface area contributed by atoms with E-state index in [1.807, 2.05) is 38.1 Å². The number of hydrogen-bond acceptors (Lipinski definition) is 3. The number of carbonyl (C=O) groups is 1. The van der Waals surface area contributed by atoms with Gasteiger partial charge in [-0.1, -0.05) is 12.1 Å². The van der Waals surface area contributed by atoms with Gasteiger partial charge in [-0.05, 0) is 26.0 Å². The van der Waals surface area contributed by atoms with Crippen LogP contribution in [0.2, 0.25) is 0 Å². The highest BCUT2D eigenvalue weighted by Crippen LogP contribution is 2.31. The van der Waals surface area contributed by atoms with Crippen LogP contribution in [0.1, 0.15) is 13.8 Å². The molecule has 1 heterocycles. The van der Waals surface area contributed by atoms with E-state index in [1.165, 1.54) is 6.08 Å². The lowest BCUT2D eigenvalue weighted by Gasteiger charge is -2.21. The maximum Gasteiger partial charge on any atom is 0.250 e. The van der Waals surface area contributed by atoms with Crippen molar-refractivity contribution in [1.29, 1.82) is 0 Å². The van der Waals surface area contributed by atoms with Crippen LogP contribution >= 0.6 is 0 Å². The highest BCUT2D eigenvalue weighted by molar-refractivity contribution is 5.88. The van der Waals surface area contributed by atoms with Crippen molar-refractivity contribution in [3.05, 3.63) is 36.1 Å². The fourth-order valence-corrected chi connectivity index (χ4v) is 1.81. The second-order valence-electron chi connectivity index (χ2n) is 3.96. The largest absolute Gasteiger partial charge is 0.482 e. The highest BCUT2D eigenvalue weighted by Gasteiger charge is 2.17. The number of ether oxygens (including phenoxy) is 2. The second kappa shape index (κ2) is 5.58. The molecular weight excluding hydrogens is 230 g/mol. The van der Waals surface area contributed by atoms with Crippen LogP contribution in [0.25, 0.3) is 0 Å². The number of likely N-dealkylation sites (N-methyl/N-ethyl adjacent to an activating group) is 1. The molecule has 96 valence electrons. The molecule has 0 saturated carbocycles. The zero-order valence-electron chi connectivity index (χ0n) is 10.7. The van der Waals surface area contributed by atoms with Crippen LogP contribution in [-0.4, -0.2) is 30.5 Å². The highest BCUT2D eigenvalue weighted by atomic mass is 16.6. The summed E-state index contributed by atoms with van der Waals surface area (Å²) in [6, 6.07) is 7.43. The maximum atomic E-state index is 11.9. The average Bonchev–Trinajstić information content (AvgIpc) is 2.40. The molecule has 0 aliphatic carbocycles. The number of benzene rings is 1. The molecule has 1 amide bonds. The van der Waals surface area contributed by atoms with Gasteiger partial charge in [-0.25, -0.2) is 0 Å². The van der Waals surface area contributed by atoms with Gasteiger partial charge in [-0.3, -0.25) is 4.79 Å². The van der Waals surface area contributed by atoms with Crippen molar-refractivity contribution in [3.63, 3.8) is 0 Å². The number of fused-ring (bicyclic) bond motifs is 1. The van der Waals surface area contributed by atoms with Gasteiger partial charge in [0.05, 0.1) is 0 Å². The predicted molar refractivity (Wildman–Crippen MR) is 68.6 cm³/mol. The van der Waals surface area contributed by atoms with Gasteiger partial charge in [0, 0.05) is 19.2 Å². The maximum absolute atomic E-state index is 11.9. The third-order valence-corrected chi connectivity index (χ3v) is 2.82. The van der Waals surface area contributed by atoms with Gasteiger partial charge in [0.25, 0.3) is 0 Å². The van der Waals surface area contributed by atoms with Crippen molar-refractivity contribution in [2.24, 2.45) is 0 Å². The molecule has 1 aromatic carbocycles. The number of carbonyl (C=O) groups excluding carboxylic acids is 1. The van der Waals surface area contributed by atoms with Crippen LogP contribution in [0.4, 0.5) is 0 Å². The summed E-state index contributed by atoms with van der Waals surface area (Å²) >= 11 is 0. The van der Waals surface area contributed by atoms with E-state index in [-0.39, 0.29) is 5.91 Å². The zero-order chi connectivity index (χ0) is 13.0. The van der Waals surface area contributed by atoms with E-state index in [1.54, 1.807) is 4.90 Å². The Kier molecular flexibility index (Phi) is 3.87. The van der Waals surface area contributed by atoms with E-state index in [4.69, 9.17) is 9.47 Å². The minimum Gasteiger partial charge on any atom is -0.482 e. The molecule has 1 aliphatic heterocycles. The Labute approximate surface area is 107 Å². The standard InChI is InChI=1S/C14H17NO3/c1-3-15(4-2)14(16)9-11-10-17-12-7-5-6-8-13(12)18-11/h5-9H,3-4,10H2,1-2H3/b11-9-. The van der Waals surface area contributed by atoms with Crippen molar-refractivity contribution in [2.75, 3.05) is 19.7 Å². The molecular formula is C14H17NO3. The molecule has 2 rings (SSSR count). The summed E-state index contributed by atoms with van der Waals surface area (Å²) < 4.78 is 11.2. The quantitative estimate of drug-likeness (QED) is 0.769. The van der Waals surface area contributed by atoms with Crippen LogP contribution in [0.15, 0.2) is 36.1 Å². The Balaban J connectivity index is 2.11. The SMILES string of the molecule is CCN(CC)C(=O)/C=C1/COc2ccccc2O1. The van der Waals surface area contributed by atoms with Gasteiger partial charge in [0.2, 0.25) is 5.91 Å². The number of amides is 1. The van der Waals surface area contributed by atoms with E-state index in [2.05, 4.69) is 0 Å². The third-order valence-electron chi connectivity index (χ3n) is 2.82. The Morgan fingerprint density at radius 1 is 1.28 bits per heavy atom. The van der Waals surface area contributed by atoms with Crippen LogP contribution in [0, 0.1) is 0 Å². The minimum absolute atomic E-state index is 0.0435. The Bertz CT molecular complexity index is 464. The molecule has 0 spiro atoms. The molecule has 0 atom stereocenters. The van der Waals surface area contributed by atoms with Crippen molar-refractivity contribution in [1.82, 2.24) is 4.90 Å².